The molecule has 1 unspecified atom stereocenters. The maximum Gasteiger partial charge on any atom is 0.243 e. The van der Waals surface area contributed by atoms with Gasteiger partial charge in [0.2, 0.25) is 5.89 Å². The van der Waals surface area contributed by atoms with E-state index in [1.165, 1.54) is 10.5 Å². The fourth-order valence-electron chi connectivity index (χ4n) is 1.37. The van der Waals surface area contributed by atoms with Crippen molar-refractivity contribution in [2.45, 2.75) is 30.5 Å². The van der Waals surface area contributed by atoms with Crippen LogP contribution in [-0.4, -0.2) is 10.1 Å². The molecule has 0 radical (unpaired) electrons. The van der Waals surface area contributed by atoms with Crippen molar-refractivity contribution in [2.24, 2.45) is 5.73 Å². The number of hydrogen-bond donors (Lipinski definition) is 1. The molecule has 2 aromatic rings. The third-order valence-electron chi connectivity index (χ3n) is 2.32. The van der Waals surface area contributed by atoms with Crippen LogP contribution >= 0.6 is 11.8 Å². The first kappa shape index (κ1) is 12.1. The molecule has 1 heterocycles. The van der Waals surface area contributed by atoms with Crippen LogP contribution in [0, 0.1) is 6.92 Å². The zero-order valence-electron chi connectivity index (χ0n) is 9.88. The van der Waals surface area contributed by atoms with Crippen LogP contribution < -0.4 is 5.73 Å². The normalized spacial score (nSPS) is 12.6. The summed E-state index contributed by atoms with van der Waals surface area (Å²) in [5.74, 6) is 1.87. The second-order valence-electron chi connectivity index (χ2n) is 3.89. The van der Waals surface area contributed by atoms with E-state index in [9.17, 15) is 0 Å². The van der Waals surface area contributed by atoms with Gasteiger partial charge in [-0.05, 0) is 25.5 Å². The molecule has 0 aliphatic heterocycles. The van der Waals surface area contributed by atoms with Gasteiger partial charge in [-0.3, -0.25) is 0 Å². The van der Waals surface area contributed by atoms with Gasteiger partial charge in [0.15, 0.2) is 5.82 Å². The van der Waals surface area contributed by atoms with Crippen molar-refractivity contribution in [1.29, 1.82) is 0 Å². The highest BCUT2D eigenvalue weighted by Crippen LogP contribution is 2.24. The van der Waals surface area contributed by atoms with Gasteiger partial charge in [-0.1, -0.05) is 23.4 Å². The molecule has 1 atom stereocenters. The molecule has 1 aromatic heterocycles. The first-order valence-electron chi connectivity index (χ1n) is 5.43. The molecular formula is C12H15N3OS. The van der Waals surface area contributed by atoms with Gasteiger partial charge in [-0.15, -0.1) is 11.8 Å². The molecule has 0 aliphatic carbocycles. The molecule has 0 spiro atoms. The van der Waals surface area contributed by atoms with Gasteiger partial charge in [-0.2, -0.15) is 4.98 Å². The third-order valence-corrected chi connectivity index (χ3v) is 3.50. The van der Waals surface area contributed by atoms with E-state index >= 15 is 0 Å². The number of aryl methyl sites for hydroxylation is 1. The quantitative estimate of drug-likeness (QED) is 0.844. The Labute approximate surface area is 105 Å². The highest BCUT2D eigenvalue weighted by Gasteiger charge is 2.10. The van der Waals surface area contributed by atoms with E-state index in [4.69, 9.17) is 10.3 Å². The summed E-state index contributed by atoms with van der Waals surface area (Å²) in [7, 11) is 0. The number of nitrogens with zero attached hydrogens (tertiary/aromatic N) is 2. The van der Waals surface area contributed by atoms with Gasteiger partial charge in [0.05, 0.1) is 11.8 Å². The molecule has 0 aliphatic rings. The molecule has 17 heavy (non-hydrogen) atoms. The van der Waals surface area contributed by atoms with Crippen LogP contribution in [0.2, 0.25) is 0 Å². The smallest absolute Gasteiger partial charge is 0.243 e. The Hall–Kier alpha value is -1.33. The molecule has 0 saturated heterocycles. The summed E-state index contributed by atoms with van der Waals surface area (Å²) < 4.78 is 5.05. The van der Waals surface area contributed by atoms with E-state index in [-0.39, 0.29) is 6.04 Å². The van der Waals surface area contributed by atoms with Crippen LogP contribution in [0.25, 0.3) is 0 Å². The molecule has 4 nitrogen and oxygen atoms in total. The van der Waals surface area contributed by atoms with Gasteiger partial charge in [0, 0.05) is 4.90 Å². The molecule has 0 bridgehead atoms. The highest BCUT2D eigenvalue weighted by molar-refractivity contribution is 7.98. The Morgan fingerprint density at radius 3 is 2.82 bits per heavy atom. The minimum atomic E-state index is -0.209. The zero-order valence-corrected chi connectivity index (χ0v) is 10.7. The molecule has 1 aromatic carbocycles. The van der Waals surface area contributed by atoms with Gasteiger partial charge in [-0.25, -0.2) is 0 Å². The zero-order chi connectivity index (χ0) is 12.3. The SMILES string of the molecule is Cc1ccccc1SCc1noc(C(C)N)n1. The van der Waals surface area contributed by atoms with E-state index in [0.717, 1.165) is 0 Å². The fourth-order valence-corrected chi connectivity index (χ4v) is 2.24. The standard InChI is InChI=1S/C12H15N3OS/c1-8-5-3-4-6-10(8)17-7-11-14-12(9(2)13)16-15-11/h3-6,9H,7,13H2,1-2H3. The molecule has 2 N–H and O–H groups in total. The van der Waals surface area contributed by atoms with Crippen molar-refractivity contribution in [3.63, 3.8) is 0 Å². The monoisotopic (exact) mass is 249 g/mol. The first-order valence-corrected chi connectivity index (χ1v) is 6.42. The average molecular weight is 249 g/mol. The largest absolute Gasteiger partial charge is 0.338 e. The Bertz CT molecular complexity index is 496. The summed E-state index contributed by atoms with van der Waals surface area (Å²) in [6.07, 6.45) is 0. The summed E-state index contributed by atoms with van der Waals surface area (Å²) in [5, 5.41) is 3.90. The maximum atomic E-state index is 5.66. The summed E-state index contributed by atoms with van der Waals surface area (Å²) >= 11 is 1.70. The Morgan fingerprint density at radius 1 is 1.41 bits per heavy atom. The van der Waals surface area contributed by atoms with Gasteiger partial charge in [0.1, 0.15) is 0 Å². The van der Waals surface area contributed by atoms with Crippen molar-refractivity contribution in [2.75, 3.05) is 0 Å². The van der Waals surface area contributed by atoms with Crippen LogP contribution in [-0.2, 0) is 5.75 Å². The van der Waals surface area contributed by atoms with Crippen LogP contribution in [0.1, 0.15) is 30.2 Å². The molecule has 0 fully saturated rings. The molecular weight excluding hydrogens is 234 g/mol. The Morgan fingerprint density at radius 2 is 2.18 bits per heavy atom. The number of thioether (sulfide) groups is 1. The summed E-state index contributed by atoms with van der Waals surface area (Å²) in [5.41, 5.74) is 6.91. The lowest BCUT2D eigenvalue weighted by Gasteiger charge is -2.02. The number of benzene rings is 1. The van der Waals surface area contributed by atoms with Crippen LogP contribution in [0.3, 0.4) is 0 Å². The van der Waals surface area contributed by atoms with Crippen molar-refractivity contribution >= 4 is 11.8 Å². The number of hydrogen-bond acceptors (Lipinski definition) is 5. The van der Waals surface area contributed by atoms with Crippen molar-refractivity contribution in [3.05, 3.63) is 41.5 Å². The van der Waals surface area contributed by atoms with E-state index in [2.05, 4.69) is 29.2 Å². The average Bonchev–Trinajstić information content (AvgIpc) is 2.77. The van der Waals surface area contributed by atoms with E-state index < -0.39 is 0 Å². The van der Waals surface area contributed by atoms with Gasteiger partial charge < -0.3 is 10.3 Å². The molecule has 90 valence electrons. The molecule has 5 heteroatoms. The number of rotatable bonds is 4. The summed E-state index contributed by atoms with van der Waals surface area (Å²) in [6.45, 7) is 3.91. The van der Waals surface area contributed by atoms with E-state index in [1.54, 1.807) is 11.8 Å². The predicted molar refractivity (Wildman–Crippen MR) is 67.6 cm³/mol. The minimum Gasteiger partial charge on any atom is -0.338 e. The van der Waals surface area contributed by atoms with Crippen molar-refractivity contribution in [3.8, 4) is 0 Å². The van der Waals surface area contributed by atoms with Gasteiger partial charge >= 0.3 is 0 Å². The second kappa shape index (κ2) is 5.33. The van der Waals surface area contributed by atoms with Crippen LogP contribution in [0.5, 0.6) is 0 Å². The number of nitrogens with two attached hydrogens (primary N) is 1. The van der Waals surface area contributed by atoms with E-state index in [0.29, 0.717) is 17.5 Å². The molecule has 0 saturated carbocycles. The topological polar surface area (TPSA) is 64.9 Å². The fraction of sp³-hybridized carbons (Fsp3) is 0.333. The summed E-state index contributed by atoms with van der Waals surface area (Å²) in [6, 6.07) is 8.03. The third kappa shape index (κ3) is 3.08. The van der Waals surface area contributed by atoms with Gasteiger partial charge in [0.25, 0.3) is 0 Å². The van der Waals surface area contributed by atoms with Crippen LogP contribution in [0.15, 0.2) is 33.7 Å². The van der Waals surface area contributed by atoms with Crippen molar-refractivity contribution in [1.82, 2.24) is 10.1 Å². The predicted octanol–water partition coefficient (Wildman–Crippen LogP) is 2.69. The lowest BCUT2D eigenvalue weighted by Crippen LogP contribution is -2.05. The Kier molecular flexibility index (Phi) is 3.81. The van der Waals surface area contributed by atoms with Crippen LogP contribution in [0.4, 0.5) is 0 Å². The molecule has 0 amide bonds. The van der Waals surface area contributed by atoms with E-state index in [1.807, 2.05) is 19.1 Å². The molecule has 2 rings (SSSR count). The Balaban J connectivity index is 2.00. The second-order valence-corrected chi connectivity index (χ2v) is 4.91. The van der Waals surface area contributed by atoms with Crippen molar-refractivity contribution < 1.29 is 4.52 Å². The minimum absolute atomic E-state index is 0.209. The highest BCUT2D eigenvalue weighted by atomic mass is 32.2. The summed E-state index contributed by atoms with van der Waals surface area (Å²) in [4.78, 5) is 5.47. The lowest BCUT2D eigenvalue weighted by atomic mass is 10.2. The lowest BCUT2D eigenvalue weighted by molar-refractivity contribution is 0.358. The maximum absolute atomic E-state index is 5.66. The first-order chi connectivity index (χ1) is 8.16. The number of aromatic nitrogens is 2.